The maximum absolute atomic E-state index is 14.7. The molecule has 2 saturated heterocycles. The molecule has 0 radical (unpaired) electrons. The number of fused-ring (bicyclic) bond motifs is 1. The van der Waals surface area contributed by atoms with E-state index in [1.165, 1.54) is 10.7 Å². The molecule has 4 heterocycles. The van der Waals surface area contributed by atoms with Crippen molar-refractivity contribution in [3.05, 3.63) is 83.7 Å². The van der Waals surface area contributed by atoms with Crippen LogP contribution in [0.1, 0.15) is 42.7 Å². The summed E-state index contributed by atoms with van der Waals surface area (Å²) in [6, 6.07) is 11.0. The topological polar surface area (TPSA) is 113 Å². The van der Waals surface area contributed by atoms with Gasteiger partial charge in [0.25, 0.3) is 5.91 Å². The molecule has 2 aromatic heterocycles. The number of halogens is 2. The Bertz CT molecular complexity index is 1710. The van der Waals surface area contributed by atoms with Gasteiger partial charge in [0.05, 0.1) is 31.5 Å². The number of anilines is 2. The molecule has 2 unspecified atom stereocenters. The zero-order chi connectivity index (χ0) is 31.7. The van der Waals surface area contributed by atoms with Gasteiger partial charge in [-0.1, -0.05) is 20.8 Å². The van der Waals surface area contributed by atoms with Crippen molar-refractivity contribution in [3.63, 3.8) is 0 Å². The van der Waals surface area contributed by atoms with Crippen LogP contribution < -0.4 is 20.3 Å². The highest BCUT2D eigenvalue weighted by Gasteiger charge is 2.36. The molecular weight excluding hydrogens is 584 g/mol. The first-order chi connectivity index (χ1) is 21.6. The zero-order valence-corrected chi connectivity index (χ0v) is 25.3. The molecule has 6 rings (SSSR count). The zero-order valence-electron chi connectivity index (χ0n) is 25.3. The lowest BCUT2D eigenvalue weighted by Crippen LogP contribution is -2.59. The van der Waals surface area contributed by atoms with Gasteiger partial charge in [-0.25, -0.2) is 23.1 Å². The smallest absolute Gasteiger partial charge is 0.410 e. The van der Waals surface area contributed by atoms with Crippen LogP contribution in [0.25, 0.3) is 5.65 Å². The van der Waals surface area contributed by atoms with Crippen LogP contribution in [0.5, 0.6) is 5.75 Å². The summed E-state index contributed by atoms with van der Waals surface area (Å²) in [6.07, 6.45) is 2.66. The molecule has 2 aliphatic heterocycles. The van der Waals surface area contributed by atoms with Crippen molar-refractivity contribution in [1.82, 2.24) is 24.8 Å². The number of carbonyl (C=O) groups excluding carboxylic acids is 2. The number of rotatable bonds is 5. The van der Waals surface area contributed by atoms with Crippen molar-refractivity contribution in [2.75, 3.05) is 49.6 Å². The van der Waals surface area contributed by atoms with E-state index in [-0.39, 0.29) is 29.2 Å². The molecule has 2 atom stereocenters. The molecule has 4 aromatic rings. The Labute approximate surface area is 259 Å². The first-order valence-corrected chi connectivity index (χ1v) is 14.8. The van der Waals surface area contributed by atoms with E-state index in [4.69, 9.17) is 14.5 Å². The number of piperazine rings is 1. The summed E-state index contributed by atoms with van der Waals surface area (Å²) in [5.74, 6) is -0.696. The highest BCUT2D eigenvalue weighted by atomic mass is 19.1. The van der Waals surface area contributed by atoms with Crippen LogP contribution in [-0.4, -0.2) is 76.9 Å². The van der Waals surface area contributed by atoms with Crippen LogP contribution in [0.3, 0.4) is 0 Å². The number of hydrogen-bond acceptors (Lipinski definition) is 8. The maximum atomic E-state index is 14.7. The van der Waals surface area contributed by atoms with Crippen molar-refractivity contribution in [2.24, 2.45) is 5.41 Å². The SMILES string of the molecule is CC(C)(C)C1CNCCN1C(=O)Oc1ccc(NC(=O)c2cnn3ccc(N4CCOCC4c4cc(F)ccc4F)nc23)cc1. The maximum Gasteiger partial charge on any atom is 0.415 e. The number of ether oxygens (including phenoxy) is 2. The van der Waals surface area contributed by atoms with Crippen molar-refractivity contribution < 1.29 is 27.8 Å². The van der Waals surface area contributed by atoms with E-state index in [2.05, 4.69) is 36.5 Å². The average molecular weight is 620 g/mol. The summed E-state index contributed by atoms with van der Waals surface area (Å²) in [5.41, 5.74) is 1.06. The Hall–Kier alpha value is -4.62. The highest BCUT2D eigenvalue weighted by molar-refractivity contribution is 6.08. The summed E-state index contributed by atoms with van der Waals surface area (Å²) >= 11 is 0. The second-order valence-electron chi connectivity index (χ2n) is 12.2. The number of morpholine rings is 1. The number of aromatic nitrogens is 3. The lowest BCUT2D eigenvalue weighted by Gasteiger charge is -2.42. The van der Waals surface area contributed by atoms with E-state index in [0.29, 0.717) is 55.7 Å². The van der Waals surface area contributed by atoms with Crippen molar-refractivity contribution >= 4 is 29.2 Å². The van der Waals surface area contributed by atoms with Crippen LogP contribution in [-0.2, 0) is 4.74 Å². The Morgan fingerprint density at radius 1 is 1.09 bits per heavy atom. The molecule has 0 spiro atoms. The van der Waals surface area contributed by atoms with Gasteiger partial charge < -0.3 is 29.9 Å². The first kappa shape index (κ1) is 30.4. The molecule has 0 bridgehead atoms. The fourth-order valence-electron chi connectivity index (χ4n) is 5.75. The van der Waals surface area contributed by atoms with E-state index >= 15 is 0 Å². The Kier molecular flexibility index (Phi) is 8.38. The standard InChI is InChI=1S/C32H35F2N7O4/c1-32(2,3)27-18-35-11-13-40(27)31(43)45-22-7-5-21(6-8-22)37-30(42)24-17-36-41-12-10-28(38-29(24)41)39-14-15-44-19-26(39)23-16-20(33)4-9-25(23)34/h4-10,12,16-17,26-27,35H,11,13-15,18-19H2,1-3H3,(H,37,42). The molecule has 0 saturated carbocycles. The molecule has 45 heavy (non-hydrogen) atoms. The largest absolute Gasteiger partial charge is 0.415 e. The summed E-state index contributed by atoms with van der Waals surface area (Å²) < 4.78 is 41.4. The quantitative estimate of drug-likeness (QED) is 0.332. The van der Waals surface area contributed by atoms with Crippen molar-refractivity contribution in [1.29, 1.82) is 0 Å². The van der Waals surface area contributed by atoms with Gasteiger partial charge in [0.15, 0.2) is 5.65 Å². The van der Waals surface area contributed by atoms with Crippen LogP contribution in [0.2, 0.25) is 0 Å². The second-order valence-corrected chi connectivity index (χ2v) is 12.2. The predicted octanol–water partition coefficient (Wildman–Crippen LogP) is 4.66. The molecule has 11 nitrogen and oxygen atoms in total. The van der Waals surface area contributed by atoms with Gasteiger partial charge >= 0.3 is 6.09 Å². The molecule has 2 amide bonds. The molecule has 2 aliphatic rings. The predicted molar refractivity (Wildman–Crippen MR) is 163 cm³/mol. The number of nitrogens with zero attached hydrogens (tertiary/aromatic N) is 5. The van der Waals surface area contributed by atoms with Gasteiger partial charge in [0, 0.05) is 43.6 Å². The summed E-state index contributed by atoms with van der Waals surface area (Å²) in [4.78, 5) is 34.6. The molecule has 2 N–H and O–H groups in total. The minimum atomic E-state index is -0.608. The van der Waals surface area contributed by atoms with Crippen LogP contribution in [0, 0.1) is 17.0 Å². The summed E-state index contributed by atoms with van der Waals surface area (Å²) in [5, 5.41) is 10.4. The Morgan fingerprint density at radius 3 is 2.67 bits per heavy atom. The Balaban J connectivity index is 1.17. The third kappa shape index (κ3) is 6.45. The average Bonchev–Trinajstić information content (AvgIpc) is 3.46. The van der Waals surface area contributed by atoms with Gasteiger partial charge in [0.1, 0.15) is 28.8 Å². The van der Waals surface area contributed by atoms with Gasteiger partial charge in [0.2, 0.25) is 0 Å². The van der Waals surface area contributed by atoms with E-state index in [0.717, 1.165) is 18.2 Å². The van der Waals surface area contributed by atoms with Crippen LogP contribution >= 0.6 is 0 Å². The number of hydrogen-bond donors (Lipinski definition) is 2. The first-order valence-electron chi connectivity index (χ1n) is 14.8. The molecule has 2 fully saturated rings. The number of nitrogens with one attached hydrogen (secondary N) is 2. The normalized spacial score (nSPS) is 19.0. The van der Waals surface area contributed by atoms with Crippen LogP contribution in [0.4, 0.5) is 25.1 Å². The van der Waals surface area contributed by atoms with E-state index in [1.54, 1.807) is 41.4 Å². The molecule has 2 aromatic carbocycles. The third-order valence-electron chi connectivity index (χ3n) is 8.13. The molecular formula is C32H35F2N7O4. The second kappa shape index (κ2) is 12.4. The lowest BCUT2D eigenvalue weighted by atomic mass is 9.85. The third-order valence-corrected chi connectivity index (χ3v) is 8.13. The lowest BCUT2D eigenvalue weighted by molar-refractivity contribution is 0.0720. The molecule has 0 aliphatic carbocycles. The molecule has 13 heteroatoms. The van der Waals surface area contributed by atoms with E-state index in [1.807, 2.05) is 4.90 Å². The van der Waals surface area contributed by atoms with E-state index < -0.39 is 29.7 Å². The number of carbonyl (C=O) groups is 2. The fourth-order valence-corrected chi connectivity index (χ4v) is 5.75. The Morgan fingerprint density at radius 2 is 1.89 bits per heavy atom. The van der Waals surface area contributed by atoms with Crippen molar-refractivity contribution in [2.45, 2.75) is 32.9 Å². The van der Waals surface area contributed by atoms with Crippen molar-refractivity contribution in [3.8, 4) is 5.75 Å². The highest BCUT2D eigenvalue weighted by Crippen LogP contribution is 2.32. The fraction of sp³-hybridized carbons (Fsp3) is 0.375. The monoisotopic (exact) mass is 619 g/mol. The van der Waals surface area contributed by atoms with E-state index in [9.17, 15) is 18.4 Å². The van der Waals surface area contributed by atoms with Gasteiger partial charge in [-0.15, -0.1) is 0 Å². The summed E-state index contributed by atoms with van der Waals surface area (Å²) in [6.45, 7) is 9.15. The minimum Gasteiger partial charge on any atom is -0.410 e. The van der Waals surface area contributed by atoms with Gasteiger partial charge in [-0.2, -0.15) is 5.10 Å². The van der Waals surface area contributed by atoms with Gasteiger partial charge in [-0.05, 0) is 53.9 Å². The molecule has 236 valence electrons. The number of benzene rings is 2. The minimum absolute atomic E-state index is 0.00563. The van der Waals surface area contributed by atoms with Gasteiger partial charge in [-0.3, -0.25) is 4.79 Å². The van der Waals surface area contributed by atoms with Crippen LogP contribution in [0.15, 0.2) is 60.9 Å². The number of amides is 2. The summed E-state index contributed by atoms with van der Waals surface area (Å²) in [7, 11) is 0.